The third-order valence-corrected chi connectivity index (χ3v) is 13.7. The van der Waals surface area contributed by atoms with Crippen LogP contribution in [0.25, 0.3) is 17.1 Å². The van der Waals surface area contributed by atoms with E-state index in [1.54, 1.807) is 51.1 Å². The number of rotatable bonds is 5. The maximum absolute atomic E-state index is 13.4. The second-order valence-corrected chi connectivity index (χ2v) is 18.8. The molecule has 73 heavy (non-hydrogen) atoms. The SMILES string of the molecule is CCC1C(=O)N(c2ccc(Cl)cc2)c2ccccc2-n2c(C)nnc21.CCC1C(=O)N(c2ccc(Cl)cc2)c2ccccc2-n2c(C)nnc21.Cc1nnc2n1-c1ccccc1N(c1ccc(Cl)cc1)C(=O)C2. The molecule has 3 aliphatic heterocycles. The fourth-order valence-electron chi connectivity index (χ4n) is 9.58. The molecule has 0 fully saturated rings. The predicted molar refractivity (Wildman–Crippen MR) is 284 cm³/mol. The van der Waals surface area contributed by atoms with Gasteiger partial charge in [0.1, 0.15) is 34.9 Å². The zero-order valence-electron chi connectivity index (χ0n) is 40.4. The minimum absolute atomic E-state index is 0.0107. The highest BCUT2D eigenvalue weighted by atomic mass is 35.5. The van der Waals surface area contributed by atoms with Crippen LogP contribution in [0.3, 0.4) is 0 Å². The zero-order valence-corrected chi connectivity index (χ0v) is 42.6. The van der Waals surface area contributed by atoms with Crippen LogP contribution in [0.1, 0.15) is 73.5 Å². The van der Waals surface area contributed by atoms with Gasteiger partial charge in [-0.1, -0.05) is 85.0 Å². The van der Waals surface area contributed by atoms with E-state index in [0.717, 1.165) is 68.7 Å². The van der Waals surface area contributed by atoms with Crippen molar-refractivity contribution in [3.05, 3.63) is 196 Å². The van der Waals surface area contributed by atoms with Crippen LogP contribution in [-0.2, 0) is 20.8 Å². The predicted octanol–water partition coefficient (Wildman–Crippen LogP) is 12.3. The smallest absolute Gasteiger partial charge is 0.242 e. The molecule has 2 unspecified atom stereocenters. The number of hydrogen-bond acceptors (Lipinski definition) is 9. The number of benzene rings is 6. The van der Waals surface area contributed by atoms with Crippen molar-refractivity contribution in [2.75, 3.05) is 14.7 Å². The summed E-state index contributed by atoms with van der Waals surface area (Å²) in [5.74, 6) is 3.54. The molecule has 18 heteroatoms. The van der Waals surface area contributed by atoms with Crippen LogP contribution in [0.4, 0.5) is 34.1 Å². The van der Waals surface area contributed by atoms with Gasteiger partial charge >= 0.3 is 0 Å². The molecule has 3 amide bonds. The largest absolute Gasteiger partial charge is 0.281 e. The molecule has 0 saturated carbocycles. The number of amides is 3. The first-order valence-corrected chi connectivity index (χ1v) is 24.8. The Morgan fingerprint density at radius 2 is 0.726 bits per heavy atom. The van der Waals surface area contributed by atoms with E-state index in [-0.39, 0.29) is 36.0 Å². The Morgan fingerprint density at radius 3 is 1.11 bits per heavy atom. The topological polar surface area (TPSA) is 153 Å². The third-order valence-electron chi connectivity index (χ3n) is 13.0. The standard InChI is InChI=1S/2C19H17ClN4O.C17H13ClN4O/c2*1-3-15-18-22-21-12(2)23(18)16-6-4-5-7-17(16)24(19(15)25)14-10-8-13(20)9-11-14;1-11-19-20-16-10-17(23)22(13-8-6-12(18)7-9-13)15-5-3-2-4-14(15)21(11)16/h2*4-11,15H,3H2,1-2H3;2-9H,10H2,1H3. The molecule has 0 saturated heterocycles. The van der Waals surface area contributed by atoms with Gasteiger partial charge in [0.05, 0.1) is 52.4 Å². The Bertz CT molecular complexity index is 3380. The molecular formula is C55H47Cl3N12O3. The summed E-state index contributed by atoms with van der Waals surface area (Å²) in [5, 5.41) is 27.2. The number of carbonyl (C=O) groups is 3. The number of halogens is 3. The Hall–Kier alpha value is -7.98. The summed E-state index contributed by atoms with van der Waals surface area (Å²) >= 11 is 18.0. The summed E-state index contributed by atoms with van der Waals surface area (Å²) in [6.45, 7) is 9.68. The molecule has 0 aliphatic carbocycles. The number of aromatic nitrogens is 9. The number of fused-ring (bicyclic) bond motifs is 9. The van der Waals surface area contributed by atoms with E-state index in [9.17, 15) is 14.4 Å². The van der Waals surface area contributed by atoms with Crippen molar-refractivity contribution in [1.29, 1.82) is 0 Å². The van der Waals surface area contributed by atoms with E-state index in [1.807, 2.05) is 158 Å². The molecule has 3 aliphatic rings. The molecule has 6 heterocycles. The lowest BCUT2D eigenvalue weighted by atomic mass is 10.0. The van der Waals surface area contributed by atoms with Crippen LogP contribution in [0.2, 0.25) is 15.1 Å². The van der Waals surface area contributed by atoms with Gasteiger partial charge in [-0.05, 0) is 143 Å². The van der Waals surface area contributed by atoms with Crippen molar-refractivity contribution in [3.63, 3.8) is 0 Å². The molecule has 15 nitrogen and oxygen atoms in total. The molecule has 3 aromatic heterocycles. The summed E-state index contributed by atoms with van der Waals surface area (Å²) in [6, 6.07) is 45.3. The van der Waals surface area contributed by atoms with Crippen LogP contribution in [0.15, 0.2) is 146 Å². The quantitative estimate of drug-likeness (QED) is 0.164. The lowest BCUT2D eigenvalue weighted by molar-refractivity contribution is -0.120. The van der Waals surface area contributed by atoms with Crippen molar-refractivity contribution in [1.82, 2.24) is 44.3 Å². The molecule has 366 valence electrons. The van der Waals surface area contributed by atoms with Gasteiger partial charge in [-0.25, -0.2) is 0 Å². The van der Waals surface area contributed by atoms with Crippen molar-refractivity contribution in [2.24, 2.45) is 0 Å². The number of aryl methyl sites for hydroxylation is 3. The molecule has 12 rings (SSSR count). The lowest BCUT2D eigenvalue weighted by Gasteiger charge is -2.25. The minimum atomic E-state index is -0.357. The summed E-state index contributed by atoms with van der Waals surface area (Å²) in [7, 11) is 0. The first-order valence-electron chi connectivity index (χ1n) is 23.7. The van der Waals surface area contributed by atoms with Crippen LogP contribution >= 0.6 is 34.8 Å². The number of para-hydroxylation sites is 6. The Morgan fingerprint density at radius 1 is 0.411 bits per heavy atom. The van der Waals surface area contributed by atoms with Gasteiger partial charge in [0.25, 0.3) is 0 Å². The summed E-state index contributed by atoms with van der Waals surface area (Å²) < 4.78 is 5.90. The van der Waals surface area contributed by atoms with Crippen molar-refractivity contribution < 1.29 is 14.4 Å². The van der Waals surface area contributed by atoms with Crippen molar-refractivity contribution in [3.8, 4) is 17.1 Å². The fraction of sp³-hybridized carbons (Fsp3) is 0.182. The Labute approximate surface area is 436 Å². The van der Waals surface area contributed by atoms with Crippen LogP contribution in [0, 0.1) is 20.8 Å². The Kier molecular flexibility index (Phi) is 13.5. The summed E-state index contributed by atoms with van der Waals surface area (Å²) in [6.07, 6.45) is 1.49. The second-order valence-electron chi connectivity index (χ2n) is 17.5. The molecule has 2 atom stereocenters. The number of anilines is 6. The highest BCUT2D eigenvalue weighted by Gasteiger charge is 2.38. The monoisotopic (exact) mass is 1030 g/mol. The van der Waals surface area contributed by atoms with Crippen molar-refractivity contribution >= 4 is 86.6 Å². The van der Waals surface area contributed by atoms with Gasteiger partial charge in [0, 0.05) is 32.1 Å². The van der Waals surface area contributed by atoms with Gasteiger partial charge in [-0.15, -0.1) is 30.6 Å². The molecule has 0 N–H and O–H groups in total. The van der Waals surface area contributed by atoms with E-state index < -0.39 is 0 Å². The van der Waals surface area contributed by atoms with Crippen LogP contribution in [0.5, 0.6) is 0 Å². The highest BCUT2D eigenvalue weighted by molar-refractivity contribution is 6.31. The molecule has 0 bridgehead atoms. The van der Waals surface area contributed by atoms with Gasteiger partial charge in [-0.3, -0.25) is 42.8 Å². The summed E-state index contributed by atoms with van der Waals surface area (Å²) in [5.41, 5.74) is 7.49. The maximum atomic E-state index is 13.4. The normalized spacial score (nSPS) is 15.5. The van der Waals surface area contributed by atoms with Gasteiger partial charge in [-0.2, -0.15) is 0 Å². The highest BCUT2D eigenvalue weighted by Crippen LogP contribution is 2.42. The first-order chi connectivity index (χ1) is 35.4. The van der Waals surface area contributed by atoms with Crippen LogP contribution < -0.4 is 14.7 Å². The molecule has 9 aromatic rings. The average Bonchev–Trinajstić information content (AvgIpc) is 4.02. The summed E-state index contributed by atoms with van der Waals surface area (Å²) in [4.78, 5) is 44.9. The molecule has 0 radical (unpaired) electrons. The molecule has 6 aromatic carbocycles. The molecular weight excluding hydrogens is 983 g/mol. The number of carbonyl (C=O) groups excluding carboxylic acids is 3. The van der Waals surface area contributed by atoms with Gasteiger partial charge < -0.3 is 0 Å². The van der Waals surface area contributed by atoms with E-state index in [4.69, 9.17) is 34.8 Å². The lowest BCUT2D eigenvalue weighted by Crippen LogP contribution is -2.30. The second kappa shape index (κ2) is 20.3. The van der Waals surface area contributed by atoms with E-state index in [1.165, 1.54) is 0 Å². The third kappa shape index (κ3) is 8.93. The fourth-order valence-corrected chi connectivity index (χ4v) is 9.96. The zero-order chi connectivity index (χ0) is 51.1. The Balaban J connectivity index is 0.000000126. The number of hydrogen-bond donors (Lipinski definition) is 0. The van der Waals surface area contributed by atoms with Gasteiger partial charge in [0.15, 0.2) is 0 Å². The van der Waals surface area contributed by atoms with Crippen LogP contribution in [-0.4, -0.2) is 62.0 Å². The first kappa shape index (κ1) is 48.6. The van der Waals surface area contributed by atoms with E-state index in [0.29, 0.717) is 45.4 Å². The molecule has 0 spiro atoms. The maximum Gasteiger partial charge on any atom is 0.242 e. The van der Waals surface area contributed by atoms with Gasteiger partial charge in [0.2, 0.25) is 17.7 Å². The average molecular weight is 1030 g/mol. The van der Waals surface area contributed by atoms with E-state index >= 15 is 0 Å². The van der Waals surface area contributed by atoms with E-state index in [2.05, 4.69) is 30.6 Å². The minimum Gasteiger partial charge on any atom is -0.281 e. The number of nitrogens with zero attached hydrogens (tertiary/aromatic N) is 12. The van der Waals surface area contributed by atoms with Crippen molar-refractivity contribution in [2.45, 2.75) is 65.7 Å².